The molecule has 0 heterocycles. The minimum atomic E-state index is 0.187. The van der Waals surface area contributed by atoms with Gasteiger partial charge in [0, 0.05) is 18.9 Å². The van der Waals surface area contributed by atoms with E-state index < -0.39 is 0 Å². The Labute approximate surface area is 67.2 Å². The first-order valence-electron chi connectivity index (χ1n) is 4.08. The van der Waals surface area contributed by atoms with Crippen molar-refractivity contribution in [3.63, 3.8) is 0 Å². The molecule has 0 spiro atoms. The van der Waals surface area contributed by atoms with Crippen molar-refractivity contribution >= 4 is 5.78 Å². The molecule has 0 amide bonds. The maximum atomic E-state index is 10.9. The number of ketones is 1. The van der Waals surface area contributed by atoms with E-state index in [-0.39, 0.29) is 11.9 Å². The second-order valence-electron chi connectivity index (χ2n) is 3.10. The monoisotopic (exact) mass is 154 g/mol. The summed E-state index contributed by atoms with van der Waals surface area (Å²) in [4.78, 5) is 10.9. The average Bonchev–Trinajstić information content (AvgIpc) is 1.85. The Kier molecular flexibility index (Phi) is 2.69. The van der Waals surface area contributed by atoms with E-state index in [0.717, 1.165) is 18.6 Å². The molecule has 2 nitrogen and oxygen atoms in total. The third-order valence-corrected chi connectivity index (χ3v) is 1.56. The van der Waals surface area contributed by atoms with Crippen LogP contribution in [0.4, 0.5) is 0 Å². The first kappa shape index (κ1) is 8.31. The molecule has 0 aliphatic heterocycles. The summed E-state index contributed by atoms with van der Waals surface area (Å²) in [6.45, 7) is 3.94. The SMILES string of the molecule is CC(C)OC1=CC(=O)CCC1. The third kappa shape index (κ3) is 2.74. The van der Waals surface area contributed by atoms with E-state index in [4.69, 9.17) is 4.74 Å². The highest BCUT2D eigenvalue weighted by atomic mass is 16.5. The van der Waals surface area contributed by atoms with Gasteiger partial charge in [-0.3, -0.25) is 4.79 Å². The van der Waals surface area contributed by atoms with Crippen molar-refractivity contribution in [3.05, 3.63) is 11.8 Å². The van der Waals surface area contributed by atoms with Gasteiger partial charge in [-0.15, -0.1) is 0 Å². The lowest BCUT2D eigenvalue weighted by Gasteiger charge is -2.15. The van der Waals surface area contributed by atoms with Crippen molar-refractivity contribution in [1.29, 1.82) is 0 Å². The molecule has 0 aromatic heterocycles. The Morgan fingerprint density at radius 1 is 1.45 bits per heavy atom. The molecule has 0 aromatic carbocycles. The van der Waals surface area contributed by atoms with E-state index in [1.54, 1.807) is 6.08 Å². The molecule has 0 N–H and O–H groups in total. The van der Waals surface area contributed by atoms with E-state index in [2.05, 4.69) is 0 Å². The van der Waals surface area contributed by atoms with Gasteiger partial charge in [-0.1, -0.05) is 0 Å². The highest BCUT2D eigenvalue weighted by Crippen LogP contribution is 2.17. The molecule has 0 aromatic rings. The van der Waals surface area contributed by atoms with Crippen molar-refractivity contribution < 1.29 is 9.53 Å². The van der Waals surface area contributed by atoms with Crippen LogP contribution in [0.25, 0.3) is 0 Å². The normalized spacial score (nSPS) is 18.5. The third-order valence-electron chi connectivity index (χ3n) is 1.56. The number of carbonyl (C=O) groups is 1. The number of hydrogen-bond donors (Lipinski definition) is 0. The van der Waals surface area contributed by atoms with Crippen LogP contribution in [0.3, 0.4) is 0 Å². The highest BCUT2D eigenvalue weighted by molar-refractivity contribution is 5.90. The smallest absolute Gasteiger partial charge is 0.159 e. The molecular weight excluding hydrogens is 140 g/mol. The zero-order chi connectivity index (χ0) is 8.27. The Balaban J connectivity index is 2.50. The fraction of sp³-hybridized carbons (Fsp3) is 0.667. The average molecular weight is 154 g/mol. The van der Waals surface area contributed by atoms with Gasteiger partial charge in [0.25, 0.3) is 0 Å². The Bertz CT molecular complexity index is 180. The summed E-state index contributed by atoms with van der Waals surface area (Å²) < 4.78 is 5.40. The van der Waals surface area contributed by atoms with Gasteiger partial charge >= 0.3 is 0 Å². The van der Waals surface area contributed by atoms with Crippen molar-refractivity contribution in [2.24, 2.45) is 0 Å². The van der Waals surface area contributed by atoms with Crippen molar-refractivity contribution in [3.8, 4) is 0 Å². The summed E-state index contributed by atoms with van der Waals surface area (Å²) in [7, 11) is 0. The molecule has 0 bridgehead atoms. The van der Waals surface area contributed by atoms with Crippen LogP contribution in [0.2, 0.25) is 0 Å². The summed E-state index contributed by atoms with van der Waals surface area (Å²) in [6.07, 6.45) is 4.36. The lowest BCUT2D eigenvalue weighted by molar-refractivity contribution is -0.115. The molecule has 0 unspecified atom stereocenters. The van der Waals surface area contributed by atoms with Gasteiger partial charge < -0.3 is 4.74 Å². The second kappa shape index (κ2) is 3.56. The standard InChI is InChI=1S/C9H14O2/c1-7(2)11-9-5-3-4-8(10)6-9/h6-7H,3-5H2,1-2H3. The molecule has 2 heteroatoms. The first-order valence-corrected chi connectivity index (χ1v) is 4.08. The fourth-order valence-electron chi connectivity index (χ4n) is 1.16. The molecule has 0 atom stereocenters. The van der Waals surface area contributed by atoms with Crippen LogP contribution in [-0.4, -0.2) is 11.9 Å². The molecule has 0 fully saturated rings. The van der Waals surface area contributed by atoms with Crippen molar-refractivity contribution in [2.75, 3.05) is 0 Å². The maximum absolute atomic E-state index is 10.9. The van der Waals surface area contributed by atoms with Crippen LogP contribution < -0.4 is 0 Å². The topological polar surface area (TPSA) is 26.3 Å². The van der Waals surface area contributed by atoms with Crippen LogP contribution in [0.5, 0.6) is 0 Å². The zero-order valence-electron chi connectivity index (χ0n) is 7.09. The van der Waals surface area contributed by atoms with E-state index in [1.807, 2.05) is 13.8 Å². The van der Waals surface area contributed by atoms with Gasteiger partial charge in [0.2, 0.25) is 0 Å². The van der Waals surface area contributed by atoms with Gasteiger partial charge in [0.15, 0.2) is 5.78 Å². The number of allylic oxidation sites excluding steroid dienone is 2. The largest absolute Gasteiger partial charge is 0.495 e. The minimum absolute atomic E-state index is 0.187. The highest BCUT2D eigenvalue weighted by Gasteiger charge is 2.11. The van der Waals surface area contributed by atoms with Crippen LogP contribution in [0.1, 0.15) is 33.1 Å². The number of rotatable bonds is 2. The van der Waals surface area contributed by atoms with E-state index in [0.29, 0.717) is 6.42 Å². The summed E-state index contributed by atoms with van der Waals surface area (Å²) in [5.74, 6) is 1.06. The fourth-order valence-corrected chi connectivity index (χ4v) is 1.16. The first-order chi connectivity index (χ1) is 5.18. The summed E-state index contributed by atoms with van der Waals surface area (Å²) in [6, 6.07) is 0. The van der Waals surface area contributed by atoms with Crippen LogP contribution in [0, 0.1) is 0 Å². The Hall–Kier alpha value is -0.790. The zero-order valence-corrected chi connectivity index (χ0v) is 7.09. The predicted molar refractivity (Wildman–Crippen MR) is 43.2 cm³/mol. The van der Waals surface area contributed by atoms with Crippen molar-refractivity contribution in [1.82, 2.24) is 0 Å². The Morgan fingerprint density at radius 2 is 2.18 bits per heavy atom. The van der Waals surface area contributed by atoms with E-state index in [1.165, 1.54) is 0 Å². The van der Waals surface area contributed by atoms with Crippen LogP contribution >= 0.6 is 0 Å². The number of ether oxygens (including phenoxy) is 1. The molecule has 11 heavy (non-hydrogen) atoms. The molecule has 62 valence electrons. The summed E-state index contributed by atoms with van der Waals surface area (Å²) in [5, 5.41) is 0. The van der Waals surface area contributed by atoms with Crippen LogP contribution in [-0.2, 0) is 9.53 Å². The lowest BCUT2D eigenvalue weighted by Crippen LogP contribution is -2.09. The summed E-state index contributed by atoms with van der Waals surface area (Å²) >= 11 is 0. The van der Waals surface area contributed by atoms with E-state index in [9.17, 15) is 4.79 Å². The van der Waals surface area contributed by atoms with Crippen molar-refractivity contribution in [2.45, 2.75) is 39.2 Å². The molecule has 1 aliphatic rings. The van der Waals surface area contributed by atoms with E-state index >= 15 is 0 Å². The molecule has 1 aliphatic carbocycles. The number of hydrogen-bond acceptors (Lipinski definition) is 2. The maximum Gasteiger partial charge on any atom is 0.159 e. The predicted octanol–water partition coefficient (Wildman–Crippen LogP) is 2.05. The van der Waals surface area contributed by atoms with Gasteiger partial charge in [-0.25, -0.2) is 0 Å². The quantitative estimate of drug-likeness (QED) is 0.608. The van der Waals surface area contributed by atoms with Gasteiger partial charge in [0.05, 0.1) is 11.9 Å². The number of carbonyl (C=O) groups excluding carboxylic acids is 1. The molecule has 0 saturated heterocycles. The molecule has 0 saturated carbocycles. The molecule has 1 rings (SSSR count). The van der Waals surface area contributed by atoms with Gasteiger partial charge in [-0.05, 0) is 20.3 Å². The lowest BCUT2D eigenvalue weighted by atomic mass is 10.1. The molecular formula is C9H14O2. The van der Waals surface area contributed by atoms with Crippen LogP contribution in [0.15, 0.2) is 11.8 Å². The molecule has 0 radical (unpaired) electrons. The van der Waals surface area contributed by atoms with Gasteiger partial charge in [-0.2, -0.15) is 0 Å². The Morgan fingerprint density at radius 3 is 2.73 bits per heavy atom. The van der Waals surface area contributed by atoms with Gasteiger partial charge in [0.1, 0.15) is 0 Å². The second-order valence-corrected chi connectivity index (χ2v) is 3.10. The minimum Gasteiger partial charge on any atom is -0.495 e. The summed E-state index contributed by atoms with van der Waals surface area (Å²) in [5.41, 5.74) is 0.